The Kier molecular flexibility index (Phi) is 8.39. The van der Waals surface area contributed by atoms with Crippen molar-refractivity contribution in [1.29, 1.82) is 0 Å². The van der Waals surface area contributed by atoms with Crippen LogP contribution in [-0.2, 0) is 13.0 Å². The number of halogens is 1. The summed E-state index contributed by atoms with van der Waals surface area (Å²) in [5.74, 6) is 1.12. The van der Waals surface area contributed by atoms with Crippen molar-refractivity contribution in [2.45, 2.75) is 31.8 Å². The standard InChI is InChI=1S/C24H33N5.HI/c1-28-17-20(15-21-9-5-6-10-23(21)28)16-26-24(25)27-22-11-13-29(14-12-22)18-19-7-3-2-4-8-19;/h2-10,20,22H,11-18H2,1H3,(H3,25,26,27);1H. The van der Waals surface area contributed by atoms with Crippen molar-refractivity contribution in [3.05, 3.63) is 65.7 Å². The van der Waals surface area contributed by atoms with E-state index in [1.54, 1.807) is 0 Å². The van der Waals surface area contributed by atoms with Gasteiger partial charge in [-0.2, -0.15) is 0 Å². The summed E-state index contributed by atoms with van der Waals surface area (Å²) in [5.41, 5.74) is 10.4. The molecule has 0 aromatic heterocycles. The third kappa shape index (κ3) is 6.11. The van der Waals surface area contributed by atoms with Gasteiger partial charge in [0, 0.05) is 57.4 Å². The first-order valence-electron chi connectivity index (χ1n) is 10.8. The molecule has 5 nitrogen and oxygen atoms in total. The number of nitrogens with zero attached hydrogens (tertiary/aromatic N) is 3. The fourth-order valence-corrected chi connectivity index (χ4v) is 4.60. The number of likely N-dealkylation sites (tertiary alicyclic amines) is 1. The minimum Gasteiger partial charge on any atom is -0.374 e. The van der Waals surface area contributed by atoms with E-state index in [-0.39, 0.29) is 24.0 Å². The van der Waals surface area contributed by atoms with Crippen molar-refractivity contribution in [1.82, 2.24) is 10.2 Å². The molecular weight excluding hydrogens is 485 g/mol. The Labute approximate surface area is 197 Å². The highest BCUT2D eigenvalue weighted by Gasteiger charge is 2.22. The van der Waals surface area contributed by atoms with E-state index in [2.05, 4.69) is 81.8 Å². The summed E-state index contributed by atoms with van der Waals surface area (Å²) in [6.45, 7) is 5.05. The number of rotatable bonds is 5. The maximum Gasteiger partial charge on any atom is 0.188 e. The average molecular weight is 519 g/mol. The third-order valence-corrected chi connectivity index (χ3v) is 6.15. The van der Waals surface area contributed by atoms with Gasteiger partial charge in [-0.1, -0.05) is 48.5 Å². The molecule has 0 bridgehead atoms. The van der Waals surface area contributed by atoms with Crippen molar-refractivity contribution in [3.8, 4) is 0 Å². The van der Waals surface area contributed by atoms with Crippen LogP contribution in [-0.4, -0.2) is 50.1 Å². The SMILES string of the molecule is CN1CC(CN=C(N)NC2CCN(Cc3ccccc3)CC2)Cc2ccccc21.I. The quantitative estimate of drug-likeness (QED) is 0.361. The van der Waals surface area contributed by atoms with Gasteiger partial charge in [0.15, 0.2) is 5.96 Å². The number of benzene rings is 2. The number of anilines is 1. The number of nitrogens with two attached hydrogens (primary N) is 1. The van der Waals surface area contributed by atoms with E-state index in [0.717, 1.165) is 52.0 Å². The fraction of sp³-hybridized carbons (Fsp3) is 0.458. The molecule has 1 saturated heterocycles. The van der Waals surface area contributed by atoms with E-state index < -0.39 is 0 Å². The van der Waals surface area contributed by atoms with Crippen LogP contribution in [0.5, 0.6) is 0 Å². The average Bonchev–Trinajstić information content (AvgIpc) is 2.74. The van der Waals surface area contributed by atoms with E-state index in [9.17, 15) is 0 Å². The molecule has 1 fully saturated rings. The van der Waals surface area contributed by atoms with Crippen LogP contribution in [0.4, 0.5) is 5.69 Å². The van der Waals surface area contributed by atoms with Gasteiger partial charge in [-0.05, 0) is 36.5 Å². The van der Waals surface area contributed by atoms with Crippen LogP contribution in [0, 0.1) is 5.92 Å². The van der Waals surface area contributed by atoms with Crippen LogP contribution in [0.25, 0.3) is 0 Å². The van der Waals surface area contributed by atoms with Crippen LogP contribution in [0.3, 0.4) is 0 Å². The van der Waals surface area contributed by atoms with Gasteiger partial charge in [0.1, 0.15) is 0 Å². The number of para-hydroxylation sites is 1. The van der Waals surface area contributed by atoms with E-state index in [1.807, 2.05) is 0 Å². The van der Waals surface area contributed by atoms with Gasteiger partial charge in [0.05, 0.1) is 0 Å². The Hall–Kier alpha value is -1.80. The molecule has 0 spiro atoms. The molecule has 1 atom stereocenters. The second kappa shape index (κ2) is 11.0. The topological polar surface area (TPSA) is 56.9 Å². The predicted molar refractivity (Wildman–Crippen MR) is 137 cm³/mol. The summed E-state index contributed by atoms with van der Waals surface area (Å²) >= 11 is 0. The summed E-state index contributed by atoms with van der Waals surface area (Å²) in [6, 6.07) is 19.8. The molecule has 2 aliphatic heterocycles. The van der Waals surface area contributed by atoms with Crippen LogP contribution in [0.15, 0.2) is 59.6 Å². The summed E-state index contributed by atoms with van der Waals surface area (Å²) in [7, 11) is 2.17. The smallest absolute Gasteiger partial charge is 0.188 e. The van der Waals surface area contributed by atoms with Crippen LogP contribution < -0.4 is 16.0 Å². The van der Waals surface area contributed by atoms with Gasteiger partial charge in [-0.15, -0.1) is 24.0 Å². The molecule has 2 aromatic carbocycles. The summed E-state index contributed by atoms with van der Waals surface area (Å²) in [5, 5.41) is 3.46. The van der Waals surface area contributed by atoms with Crippen LogP contribution >= 0.6 is 24.0 Å². The second-order valence-corrected chi connectivity index (χ2v) is 8.49. The molecule has 3 N–H and O–H groups in total. The molecule has 2 aromatic rings. The third-order valence-electron chi connectivity index (χ3n) is 6.15. The zero-order valence-electron chi connectivity index (χ0n) is 17.8. The lowest BCUT2D eigenvalue weighted by Crippen LogP contribution is -2.47. The van der Waals surface area contributed by atoms with Crippen molar-refractivity contribution in [3.63, 3.8) is 0 Å². The lowest BCUT2D eigenvalue weighted by atomic mass is 9.93. The normalized spacial score (nSPS) is 20.4. The van der Waals surface area contributed by atoms with E-state index in [1.165, 1.54) is 16.8 Å². The minimum absolute atomic E-state index is 0. The lowest BCUT2D eigenvalue weighted by Gasteiger charge is -2.33. The Bertz CT molecular complexity index is 817. The summed E-state index contributed by atoms with van der Waals surface area (Å²) < 4.78 is 0. The first kappa shape index (κ1) is 22.9. The summed E-state index contributed by atoms with van der Waals surface area (Å²) in [4.78, 5) is 9.54. The first-order valence-corrected chi connectivity index (χ1v) is 10.8. The Morgan fingerprint density at radius 1 is 1.07 bits per heavy atom. The molecule has 30 heavy (non-hydrogen) atoms. The Balaban J connectivity index is 0.00000256. The molecule has 0 saturated carbocycles. The molecule has 6 heteroatoms. The Morgan fingerprint density at radius 3 is 2.53 bits per heavy atom. The molecule has 0 amide bonds. The molecule has 4 rings (SSSR count). The van der Waals surface area contributed by atoms with Crippen molar-refractivity contribution in [2.75, 3.05) is 38.1 Å². The minimum atomic E-state index is 0. The van der Waals surface area contributed by atoms with Crippen LogP contribution in [0.1, 0.15) is 24.0 Å². The van der Waals surface area contributed by atoms with Crippen molar-refractivity contribution < 1.29 is 0 Å². The predicted octanol–water partition coefficient (Wildman–Crippen LogP) is 3.48. The van der Waals surface area contributed by atoms with Gasteiger partial charge in [-0.3, -0.25) is 9.89 Å². The van der Waals surface area contributed by atoms with E-state index in [0.29, 0.717) is 17.9 Å². The van der Waals surface area contributed by atoms with Gasteiger partial charge < -0.3 is 16.0 Å². The molecular formula is C24H34IN5. The molecule has 1 unspecified atom stereocenters. The zero-order chi connectivity index (χ0) is 20.1. The maximum atomic E-state index is 6.22. The molecule has 0 aliphatic carbocycles. The molecule has 2 aliphatic rings. The van der Waals surface area contributed by atoms with E-state index in [4.69, 9.17) is 5.73 Å². The zero-order valence-corrected chi connectivity index (χ0v) is 20.2. The number of hydrogen-bond donors (Lipinski definition) is 2. The molecule has 2 heterocycles. The molecule has 162 valence electrons. The highest BCUT2D eigenvalue weighted by Crippen LogP contribution is 2.28. The second-order valence-electron chi connectivity index (χ2n) is 8.49. The van der Waals surface area contributed by atoms with Gasteiger partial charge in [-0.25, -0.2) is 0 Å². The Morgan fingerprint density at radius 2 is 1.77 bits per heavy atom. The highest BCUT2D eigenvalue weighted by atomic mass is 127. The monoisotopic (exact) mass is 519 g/mol. The van der Waals surface area contributed by atoms with Gasteiger partial charge in [0.2, 0.25) is 0 Å². The largest absolute Gasteiger partial charge is 0.374 e. The lowest BCUT2D eigenvalue weighted by molar-refractivity contribution is 0.199. The van der Waals surface area contributed by atoms with Crippen molar-refractivity contribution in [2.24, 2.45) is 16.6 Å². The number of aliphatic imine (C=N–C) groups is 1. The number of nitrogens with one attached hydrogen (secondary N) is 1. The molecule has 0 radical (unpaired) electrons. The first-order chi connectivity index (χ1) is 14.2. The van der Waals surface area contributed by atoms with Crippen molar-refractivity contribution >= 4 is 35.6 Å². The van der Waals surface area contributed by atoms with Gasteiger partial charge in [0.25, 0.3) is 0 Å². The highest BCUT2D eigenvalue weighted by molar-refractivity contribution is 14.0. The van der Waals surface area contributed by atoms with Gasteiger partial charge >= 0.3 is 0 Å². The summed E-state index contributed by atoms with van der Waals surface area (Å²) in [6.07, 6.45) is 3.31. The maximum absolute atomic E-state index is 6.22. The number of piperidine rings is 1. The van der Waals surface area contributed by atoms with E-state index >= 15 is 0 Å². The van der Waals surface area contributed by atoms with Crippen LogP contribution in [0.2, 0.25) is 0 Å². The fourth-order valence-electron chi connectivity index (χ4n) is 4.60. The number of guanidine groups is 1. The number of fused-ring (bicyclic) bond motifs is 1. The number of hydrogen-bond acceptors (Lipinski definition) is 3.